The van der Waals surface area contributed by atoms with E-state index in [2.05, 4.69) is 49.7 Å². The van der Waals surface area contributed by atoms with Gasteiger partial charge in [0, 0.05) is 19.8 Å². The third-order valence-electron chi connectivity index (χ3n) is 6.38. The summed E-state index contributed by atoms with van der Waals surface area (Å²) >= 11 is 6.34. The molecule has 1 unspecified atom stereocenters. The molecular formula is C25H34ClN7O3S. The number of aliphatic imine (C=N–C) groups is 1. The number of nitrogens with one attached hydrogen (secondary N) is 2. The van der Waals surface area contributed by atoms with Crippen LogP contribution in [0.15, 0.2) is 40.1 Å². The highest BCUT2D eigenvalue weighted by Gasteiger charge is 2.27. The zero-order valence-electron chi connectivity index (χ0n) is 21.5. The van der Waals surface area contributed by atoms with E-state index >= 15 is 0 Å². The van der Waals surface area contributed by atoms with Crippen LogP contribution < -0.4 is 21.1 Å². The maximum absolute atomic E-state index is 12.6. The second kappa shape index (κ2) is 11.2. The standard InChI is InChI=1S/C25H34ClN7O3S/c1-15(2)37(34,35)23(27)21(13-28-3)30-24-19(26)12-29-25(32-24)31-20-8-5-16(17-9-10-33(4)14-17)11-22(20)36-18-6-7-18/h5,8,11-13,15,17-18H,6-7,9-10,14,27H2,1-4H3,(H2,29,30,31,32). The van der Waals surface area contributed by atoms with Gasteiger partial charge in [-0.3, -0.25) is 4.99 Å². The van der Waals surface area contributed by atoms with Gasteiger partial charge in [-0.2, -0.15) is 4.98 Å². The molecule has 1 aromatic heterocycles. The smallest absolute Gasteiger partial charge is 0.229 e. The molecule has 37 heavy (non-hydrogen) atoms. The Balaban J connectivity index is 1.62. The van der Waals surface area contributed by atoms with Crippen LogP contribution in [0.4, 0.5) is 17.5 Å². The highest BCUT2D eigenvalue weighted by atomic mass is 35.5. The molecule has 2 aliphatic rings. The third kappa shape index (κ3) is 6.52. The molecule has 2 aromatic rings. The van der Waals surface area contributed by atoms with Gasteiger partial charge in [0.1, 0.15) is 10.8 Å². The summed E-state index contributed by atoms with van der Waals surface area (Å²) in [7, 11) is -0.0811. The Morgan fingerprint density at radius 3 is 2.70 bits per heavy atom. The van der Waals surface area contributed by atoms with E-state index in [1.807, 2.05) is 6.07 Å². The Morgan fingerprint density at radius 1 is 1.32 bits per heavy atom. The molecule has 0 spiro atoms. The third-order valence-corrected chi connectivity index (χ3v) is 8.73. The maximum Gasteiger partial charge on any atom is 0.229 e. The van der Waals surface area contributed by atoms with Crippen molar-refractivity contribution in [2.45, 2.75) is 50.4 Å². The van der Waals surface area contributed by atoms with Gasteiger partial charge in [-0.1, -0.05) is 17.7 Å². The molecule has 2 heterocycles. The highest BCUT2D eigenvalue weighted by Crippen LogP contribution is 2.37. The monoisotopic (exact) mass is 547 g/mol. The second-order valence-electron chi connectivity index (χ2n) is 9.72. The quantitative estimate of drug-likeness (QED) is 0.378. The number of hydrogen-bond acceptors (Lipinski definition) is 10. The fraction of sp³-hybridized carbons (Fsp3) is 0.480. The maximum atomic E-state index is 12.6. The van der Waals surface area contributed by atoms with Crippen LogP contribution in [0.2, 0.25) is 5.02 Å². The van der Waals surface area contributed by atoms with E-state index in [1.165, 1.54) is 25.0 Å². The van der Waals surface area contributed by atoms with E-state index in [-0.39, 0.29) is 33.6 Å². The van der Waals surface area contributed by atoms with Gasteiger partial charge in [-0.05, 0) is 70.3 Å². The zero-order chi connectivity index (χ0) is 26.7. The molecule has 1 saturated carbocycles. The van der Waals surface area contributed by atoms with Crippen molar-refractivity contribution in [3.63, 3.8) is 0 Å². The van der Waals surface area contributed by atoms with Crippen molar-refractivity contribution >= 4 is 45.1 Å². The lowest BCUT2D eigenvalue weighted by atomic mass is 9.98. The molecular weight excluding hydrogens is 514 g/mol. The molecule has 2 fully saturated rings. The van der Waals surface area contributed by atoms with Gasteiger partial charge in [-0.15, -0.1) is 0 Å². The number of halogens is 1. The van der Waals surface area contributed by atoms with Gasteiger partial charge < -0.3 is 26.0 Å². The number of anilines is 3. The Bertz CT molecular complexity index is 1310. The minimum absolute atomic E-state index is 0.0754. The summed E-state index contributed by atoms with van der Waals surface area (Å²) in [6, 6.07) is 6.20. The van der Waals surface area contributed by atoms with Crippen molar-refractivity contribution in [3.05, 3.63) is 45.7 Å². The lowest BCUT2D eigenvalue weighted by Crippen LogP contribution is -2.25. The first kappa shape index (κ1) is 27.2. The van der Waals surface area contributed by atoms with Crippen LogP contribution >= 0.6 is 11.6 Å². The summed E-state index contributed by atoms with van der Waals surface area (Å²) in [4.78, 5) is 15.0. The van der Waals surface area contributed by atoms with Crippen LogP contribution in [0.3, 0.4) is 0 Å². The van der Waals surface area contributed by atoms with Gasteiger partial charge in [0.05, 0.1) is 28.9 Å². The van der Waals surface area contributed by atoms with E-state index in [4.69, 9.17) is 22.1 Å². The van der Waals surface area contributed by atoms with Gasteiger partial charge in [-0.25, -0.2) is 13.4 Å². The Kier molecular flexibility index (Phi) is 8.25. The molecule has 1 aromatic carbocycles. The number of likely N-dealkylation sites (tertiary alicyclic amines) is 1. The fourth-order valence-corrected chi connectivity index (χ4v) is 5.08. The van der Waals surface area contributed by atoms with Crippen molar-refractivity contribution in [3.8, 4) is 5.75 Å². The van der Waals surface area contributed by atoms with E-state index in [9.17, 15) is 8.42 Å². The molecule has 200 valence electrons. The van der Waals surface area contributed by atoms with Crippen LogP contribution in [-0.2, 0) is 9.84 Å². The van der Waals surface area contributed by atoms with Crippen molar-refractivity contribution in [2.75, 3.05) is 37.8 Å². The molecule has 1 aliphatic heterocycles. The van der Waals surface area contributed by atoms with Gasteiger partial charge in [0.2, 0.25) is 5.95 Å². The largest absolute Gasteiger partial charge is 0.488 e. The average Bonchev–Trinajstić information content (AvgIpc) is 3.57. The Morgan fingerprint density at radius 2 is 2.08 bits per heavy atom. The van der Waals surface area contributed by atoms with Gasteiger partial charge in [0.15, 0.2) is 20.7 Å². The normalized spacial score (nSPS) is 19.4. The molecule has 4 N–H and O–H groups in total. The molecule has 0 bridgehead atoms. The second-order valence-corrected chi connectivity index (χ2v) is 12.6. The van der Waals surface area contributed by atoms with Crippen molar-refractivity contribution in [1.82, 2.24) is 14.9 Å². The van der Waals surface area contributed by atoms with Crippen LogP contribution in [0.25, 0.3) is 0 Å². The predicted octanol–water partition coefficient (Wildman–Crippen LogP) is 3.90. The lowest BCUT2D eigenvalue weighted by molar-refractivity contribution is 0.304. The van der Waals surface area contributed by atoms with E-state index < -0.39 is 15.1 Å². The topological polar surface area (TPSA) is 135 Å². The van der Waals surface area contributed by atoms with E-state index in [0.717, 1.165) is 43.8 Å². The molecule has 4 rings (SSSR count). The summed E-state index contributed by atoms with van der Waals surface area (Å²) in [5.74, 6) is 1.68. The zero-order valence-corrected chi connectivity index (χ0v) is 23.1. The molecule has 10 nitrogen and oxygen atoms in total. The number of allylic oxidation sites excluding steroid dienone is 1. The van der Waals surface area contributed by atoms with Crippen molar-refractivity contribution < 1.29 is 13.2 Å². The first-order valence-corrected chi connectivity index (χ1v) is 14.2. The number of rotatable bonds is 10. The minimum Gasteiger partial charge on any atom is -0.488 e. The van der Waals surface area contributed by atoms with E-state index in [0.29, 0.717) is 5.92 Å². The number of hydrogen-bond donors (Lipinski definition) is 3. The summed E-state index contributed by atoms with van der Waals surface area (Å²) < 4.78 is 31.5. The predicted molar refractivity (Wildman–Crippen MR) is 149 cm³/mol. The number of ether oxygens (including phenoxy) is 1. The number of benzene rings is 1. The number of aromatic nitrogens is 2. The molecule has 12 heteroatoms. The molecule has 0 radical (unpaired) electrons. The van der Waals surface area contributed by atoms with Crippen molar-refractivity contribution in [2.24, 2.45) is 10.7 Å². The minimum atomic E-state index is -3.73. The average molecular weight is 548 g/mol. The van der Waals surface area contributed by atoms with Crippen LogP contribution in [-0.4, -0.2) is 68.0 Å². The summed E-state index contributed by atoms with van der Waals surface area (Å²) in [6.07, 6.45) is 6.16. The Labute approximate surface area is 223 Å². The number of nitrogens with zero attached hydrogens (tertiary/aromatic N) is 4. The number of nitrogens with two attached hydrogens (primary N) is 1. The highest BCUT2D eigenvalue weighted by molar-refractivity contribution is 7.95. The molecule has 1 atom stereocenters. The Hall–Kier alpha value is -2.89. The van der Waals surface area contributed by atoms with Crippen LogP contribution in [0, 0.1) is 0 Å². The lowest BCUT2D eigenvalue weighted by Gasteiger charge is -2.17. The van der Waals surface area contributed by atoms with Crippen LogP contribution in [0.5, 0.6) is 5.75 Å². The van der Waals surface area contributed by atoms with E-state index in [1.54, 1.807) is 13.8 Å². The molecule has 1 saturated heterocycles. The first-order chi connectivity index (χ1) is 17.6. The first-order valence-electron chi connectivity index (χ1n) is 12.3. The number of sulfone groups is 1. The summed E-state index contributed by atoms with van der Waals surface area (Å²) in [5.41, 5.74) is 8.07. The number of likely N-dealkylation sites (N-methyl/N-ethyl adjacent to an activating group) is 1. The van der Waals surface area contributed by atoms with Gasteiger partial charge in [0.25, 0.3) is 0 Å². The fourth-order valence-electron chi connectivity index (χ4n) is 4.02. The molecule has 1 aliphatic carbocycles. The van der Waals surface area contributed by atoms with Gasteiger partial charge >= 0.3 is 0 Å². The SMILES string of the molecule is CN=CC(Nc1nc(Nc2ccc(C3CCN(C)C3)cc2OC2CC2)ncc1Cl)=C(N)S(=O)(=O)C(C)C. The summed E-state index contributed by atoms with van der Waals surface area (Å²) in [6.45, 7) is 5.22. The summed E-state index contributed by atoms with van der Waals surface area (Å²) in [5, 5.41) is 5.28. The molecule has 0 amide bonds. The van der Waals surface area contributed by atoms with Crippen molar-refractivity contribution in [1.29, 1.82) is 0 Å². The van der Waals surface area contributed by atoms with Crippen LogP contribution in [0.1, 0.15) is 44.6 Å².